The number of rotatable bonds is 5. The standard InChI is InChI=1S/C28H31FN6O/c1-15(2)18-5-8-22(23(29)11-18)25-26-28(32-17(4)16(3)31-26)34-27(33-25)19-9-10-36-24(12-19)20-13-30-35(14-20)21-6-7-21/h5,8,11,13-15,19,21,24H,6-7,9-10,12H2,1-4H3/t19-,24+/m0/s1. The molecule has 0 bridgehead atoms. The van der Waals surface area contributed by atoms with Crippen LogP contribution >= 0.6 is 0 Å². The fourth-order valence-electron chi connectivity index (χ4n) is 4.90. The molecule has 186 valence electrons. The van der Waals surface area contributed by atoms with Crippen molar-refractivity contribution < 1.29 is 9.13 Å². The van der Waals surface area contributed by atoms with Gasteiger partial charge in [-0.2, -0.15) is 5.10 Å². The number of hydrogen-bond acceptors (Lipinski definition) is 6. The molecular weight excluding hydrogens is 455 g/mol. The topological polar surface area (TPSA) is 78.6 Å². The molecule has 8 heteroatoms. The van der Waals surface area contributed by atoms with Crippen LogP contribution in [0.2, 0.25) is 0 Å². The van der Waals surface area contributed by atoms with Gasteiger partial charge < -0.3 is 4.74 Å². The lowest BCUT2D eigenvalue weighted by Crippen LogP contribution is -2.20. The normalized spacial score (nSPS) is 20.4. The number of nitrogens with zero attached hydrogens (tertiary/aromatic N) is 6. The first-order chi connectivity index (χ1) is 17.4. The molecule has 6 rings (SSSR count). The molecule has 0 amide bonds. The van der Waals surface area contributed by atoms with Gasteiger partial charge >= 0.3 is 0 Å². The van der Waals surface area contributed by atoms with Crippen LogP contribution in [0.4, 0.5) is 4.39 Å². The highest BCUT2D eigenvalue weighted by Crippen LogP contribution is 2.40. The van der Waals surface area contributed by atoms with E-state index in [0.29, 0.717) is 40.9 Å². The maximum absolute atomic E-state index is 15.4. The fraction of sp³-hybridized carbons (Fsp3) is 0.464. The molecule has 1 aromatic carbocycles. The third kappa shape index (κ3) is 4.28. The lowest BCUT2D eigenvalue weighted by atomic mass is 9.92. The zero-order valence-corrected chi connectivity index (χ0v) is 21.2. The molecule has 1 saturated heterocycles. The SMILES string of the molecule is Cc1nc2nc([C@H]3CCO[C@@H](c4cnn(C5CC5)c4)C3)nc(-c3ccc(C(C)C)cc3F)c2nc1C. The molecule has 0 unspecified atom stereocenters. The van der Waals surface area contributed by atoms with Crippen LogP contribution in [0.3, 0.4) is 0 Å². The number of ether oxygens (including phenoxy) is 1. The van der Waals surface area contributed by atoms with Crippen LogP contribution in [0.1, 0.15) is 91.9 Å². The first-order valence-corrected chi connectivity index (χ1v) is 12.9. The maximum atomic E-state index is 15.4. The monoisotopic (exact) mass is 486 g/mol. The van der Waals surface area contributed by atoms with E-state index in [1.54, 1.807) is 6.07 Å². The minimum absolute atomic E-state index is 0.0631. The number of halogens is 1. The first kappa shape index (κ1) is 23.2. The second-order valence-corrected chi connectivity index (χ2v) is 10.5. The third-order valence-corrected chi connectivity index (χ3v) is 7.44. The van der Waals surface area contributed by atoms with Crippen molar-refractivity contribution in [3.8, 4) is 11.3 Å². The van der Waals surface area contributed by atoms with Gasteiger partial charge in [-0.3, -0.25) is 4.68 Å². The van der Waals surface area contributed by atoms with Crippen molar-refractivity contribution in [1.82, 2.24) is 29.7 Å². The average Bonchev–Trinajstić information content (AvgIpc) is 3.60. The molecule has 2 atom stereocenters. The summed E-state index contributed by atoms with van der Waals surface area (Å²) >= 11 is 0. The summed E-state index contributed by atoms with van der Waals surface area (Å²) in [5.41, 5.74) is 5.62. The molecule has 0 radical (unpaired) electrons. The third-order valence-electron chi connectivity index (χ3n) is 7.44. The van der Waals surface area contributed by atoms with Crippen LogP contribution in [0.5, 0.6) is 0 Å². The molecule has 2 fully saturated rings. The van der Waals surface area contributed by atoms with Gasteiger partial charge in [0.2, 0.25) is 0 Å². The van der Waals surface area contributed by atoms with E-state index >= 15 is 4.39 Å². The molecule has 1 saturated carbocycles. The van der Waals surface area contributed by atoms with E-state index in [-0.39, 0.29) is 23.8 Å². The quantitative estimate of drug-likeness (QED) is 0.337. The van der Waals surface area contributed by atoms with E-state index in [1.807, 2.05) is 32.2 Å². The molecule has 1 aliphatic carbocycles. The number of aromatic nitrogens is 6. The van der Waals surface area contributed by atoms with E-state index < -0.39 is 0 Å². The van der Waals surface area contributed by atoms with Crippen molar-refractivity contribution >= 4 is 11.2 Å². The van der Waals surface area contributed by atoms with Gasteiger partial charge in [-0.15, -0.1) is 0 Å². The van der Waals surface area contributed by atoms with Crippen molar-refractivity contribution in [2.24, 2.45) is 0 Å². The van der Waals surface area contributed by atoms with Crippen LogP contribution in [0.15, 0.2) is 30.6 Å². The summed E-state index contributed by atoms with van der Waals surface area (Å²) in [7, 11) is 0. The fourth-order valence-corrected chi connectivity index (χ4v) is 4.90. The summed E-state index contributed by atoms with van der Waals surface area (Å²) in [5, 5.41) is 4.54. The van der Waals surface area contributed by atoms with Crippen molar-refractivity contribution in [1.29, 1.82) is 0 Å². The summed E-state index contributed by atoms with van der Waals surface area (Å²) in [6, 6.07) is 5.91. The van der Waals surface area contributed by atoms with Crippen LogP contribution in [0.25, 0.3) is 22.4 Å². The highest BCUT2D eigenvalue weighted by atomic mass is 19.1. The van der Waals surface area contributed by atoms with Crippen molar-refractivity contribution in [2.75, 3.05) is 6.61 Å². The number of benzene rings is 1. The lowest BCUT2D eigenvalue weighted by Gasteiger charge is -2.28. The predicted octanol–water partition coefficient (Wildman–Crippen LogP) is 6.13. The van der Waals surface area contributed by atoms with Crippen LogP contribution in [-0.2, 0) is 4.74 Å². The second kappa shape index (κ2) is 9.00. The summed E-state index contributed by atoms with van der Waals surface area (Å²) < 4.78 is 23.6. The largest absolute Gasteiger partial charge is 0.373 e. The zero-order chi connectivity index (χ0) is 25.0. The Hall–Kier alpha value is -3.26. The Kier molecular flexibility index (Phi) is 5.79. The van der Waals surface area contributed by atoms with Crippen molar-refractivity contribution in [3.63, 3.8) is 0 Å². The second-order valence-electron chi connectivity index (χ2n) is 10.5. The Balaban J connectivity index is 1.41. The van der Waals surface area contributed by atoms with Gasteiger partial charge in [0.25, 0.3) is 0 Å². The molecule has 3 aromatic heterocycles. The predicted molar refractivity (Wildman–Crippen MR) is 135 cm³/mol. The minimum atomic E-state index is -0.301. The Bertz CT molecular complexity index is 1440. The summed E-state index contributed by atoms with van der Waals surface area (Å²) in [4.78, 5) is 19.2. The van der Waals surface area contributed by atoms with Crippen LogP contribution in [0, 0.1) is 19.7 Å². The molecular formula is C28H31FN6O. The Morgan fingerprint density at radius 1 is 1.03 bits per heavy atom. The average molecular weight is 487 g/mol. The molecule has 4 heterocycles. The van der Waals surface area contributed by atoms with Crippen LogP contribution < -0.4 is 0 Å². The molecule has 4 aromatic rings. The van der Waals surface area contributed by atoms with E-state index in [4.69, 9.17) is 24.7 Å². The van der Waals surface area contributed by atoms with Crippen molar-refractivity contribution in [2.45, 2.75) is 77.4 Å². The lowest BCUT2D eigenvalue weighted by molar-refractivity contribution is 0.00396. The Morgan fingerprint density at radius 3 is 2.58 bits per heavy atom. The summed E-state index contributed by atoms with van der Waals surface area (Å²) in [5.74, 6) is 0.673. The Morgan fingerprint density at radius 2 is 1.83 bits per heavy atom. The van der Waals surface area contributed by atoms with Gasteiger partial charge in [0, 0.05) is 29.8 Å². The number of fused-ring (bicyclic) bond motifs is 1. The van der Waals surface area contributed by atoms with Gasteiger partial charge in [0.1, 0.15) is 22.9 Å². The van der Waals surface area contributed by atoms with E-state index in [2.05, 4.69) is 29.8 Å². The molecule has 0 N–H and O–H groups in total. The van der Waals surface area contributed by atoms with E-state index in [9.17, 15) is 0 Å². The van der Waals surface area contributed by atoms with E-state index in [1.165, 1.54) is 12.8 Å². The molecule has 0 spiro atoms. The number of aryl methyl sites for hydroxylation is 2. The maximum Gasteiger partial charge on any atom is 0.182 e. The molecule has 1 aliphatic heterocycles. The summed E-state index contributed by atoms with van der Waals surface area (Å²) in [6.45, 7) is 8.54. The van der Waals surface area contributed by atoms with Gasteiger partial charge in [0.15, 0.2) is 5.65 Å². The molecule has 2 aliphatic rings. The minimum Gasteiger partial charge on any atom is -0.373 e. The van der Waals surface area contributed by atoms with E-state index in [0.717, 1.165) is 35.4 Å². The molecule has 7 nitrogen and oxygen atoms in total. The van der Waals surface area contributed by atoms with Gasteiger partial charge in [-0.1, -0.05) is 19.9 Å². The van der Waals surface area contributed by atoms with Crippen LogP contribution in [-0.4, -0.2) is 36.3 Å². The van der Waals surface area contributed by atoms with Gasteiger partial charge in [0.05, 0.1) is 29.7 Å². The number of hydrogen-bond donors (Lipinski definition) is 0. The summed E-state index contributed by atoms with van der Waals surface area (Å²) in [6.07, 6.45) is 7.89. The van der Waals surface area contributed by atoms with Gasteiger partial charge in [-0.05, 0) is 63.1 Å². The molecule has 36 heavy (non-hydrogen) atoms. The first-order valence-electron chi connectivity index (χ1n) is 12.9. The highest BCUT2D eigenvalue weighted by Gasteiger charge is 2.31. The smallest absolute Gasteiger partial charge is 0.182 e. The highest BCUT2D eigenvalue weighted by molar-refractivity contribution is 5.87. The zero-order valence-electron chi connectivity index (χ0n) is 21.2. The Labute approximate surface area is 210 Å². The van der Waals surface area contributed by atoms with Crippen molar-refractivity contribution in [3.05, 3.63) is 64.7 Å². The van der Waals surface area contributed by atoms with Gasteiger partial charge in [-0.25, -0.2) is 24.3 Å².